The van der Waals surface area contributed by atoms with Gasteiger partial charge in [0.1, 0.15) is 0 Å². The summed E-state index contributed by atoms with van der Waals surface area (Å²) in [5.74, 6) is 1.41. The highest BCUT2D eigenvalue weighted by atomic mass is 32.1. The summed E-state index contributed by atoms with van der Waals surface area (Å²) in [4.78, 5) is 11.9. The van der Waals surface area contributed by atoms with E-state index in [1.54, 1.807) is 6.92 Å². The lowest BCUT2D eigenvalue weighted by Gasteiger charge is -2.29. The van der Waals surface area contributed by atoms with Crippen LogP contribution in [0.5, 0.6) is 11.5 Å². The zero-order valence-electron chi connectivity index (χ0n) is 11.1. The largest absolute Gasteiger partial charge is 0.454 e. The average Bonchev–Trinajstić information content (AvgIpc) is 2.84. The Labute approximate surface area is 121 Å². The number of benzene rings is 1. The Balaban J connectivity index is 2.05. The Bertz CT molecular complexity index is 639. The Kier molecular flexibility index (Phi) is 3.10. The minimum atomic E-state index is -0.268. The first kappa shape index (κ1) is 12.9. The van der Waals surface area contributed by atoms with Gasteiger partial charge in [0.15, 0.2) is 22.4 Å². The van der Waals surface area contributed by atoms with E-state index in [2.05, 4.69) is 10.6 Å². The second-order valence-electron chi connectivity index (χ2n) is 4.74. The van der Waals surface area contributed by atoms with Crippen molar-refractivity contribution >= 4 is 23.1 Å². The van der Waals surface area contributed by atoms with Crippen LogP contribution in [0.25, 0.3) is 0 Å². The molecule has 20 heavy (non-hydrogen) atoms. The quantitative estimate of drug-likeness (QED) is 0.810. The molecule has 2 N–H and O–H groups in total. The highest BCUT2D eigenvalue weighted by Crippen LogP contribution is 2.36. The predicted octanol–water partition coefficient (Wildman–Crippen LogP) is 1.80. The van der Waals surface area contributed by atoms with Crippen LogP contribution in [0.2, 0.25) is 0 Å². The second-order valence-corrected chi connectivity index (χ2v) is 5.15. The SMILES string of the molecule is CC(=O)C1=C(C)NC(=S)NC1c1ccc2c(c1)OCO2. The minimum absolute atomic E-state index is 0.00710. The molecule has 5 nitrogen and oxygen atoms in total. The van der Waals surface area contributed by atoms with Gasteiger partial charge in [-0.3, -0.25) is 4.79 Å². The number of nitrogens with one attached hydrogen (secondary N) is 2. The highest BCUT2D eigenvalue weighted by molar-refractivity contribution is 7.80. The molecule has 0 saturated heterocycles. The number of rotatable bonds is 2. The lowest BCUT2D eigenvalue weighted by Crippen LogP contribution is -2.44. The van der Waals surface area contributed by atoms with Crippen LogP contribution in [0.3, 0.4) is 0 Å². The fraction of sp³-hybridized carbons (Fsp3) is 0.286. The monoisotopic (exact) mass is 290 g/mol. The third-order valence-corrected chi connectivity index (χ3v) is 3.60. The maximum absolute atomic E-state index is 11.9. The Morgan fingerprint density at radius 1 is 1.35 bits per heavy atom. The molecule has 6 heteroatoms. The van der Waals surface area contributed by atoms with Crippen molar-refractivity contribution in [1.29, 1.82) is 0 Å². The van der Waals surface area contributed by atoms with Crippen molar-refractivity contribution in [2.24, 2.45) is 0 Å². The normalized spacial score (nSPS) is 20.5. The van der Waals surface area contributed by atoms with Gasteiger partial charge >= 0.3 is 0 Å². The van der Waals surface area contributed by atoms with Gasteiger partial charge in [-0.15, -0.1) is 0 Å². The van der Waals surface area contributed by atoms with Gasteiger partial charge in [-0.2, -0.15) is 0 Å². The molecule has 1 aromatic rings. The van der Waals surface area contributed by atoms with E-state index in [0.717, 1.165) is 17.0 Å². The fourth-order valence-corrected chi connectivity index (χ4v) is 2.77. The van der Waals surface area contributed by atoms with Crippen LogP contribution in [0.4, 0.5) is 0 Å². The summed E-state index contributed by atoms with van der Waals surface area (Å²) in [6.07, 6.45) is 0. The third-order valence-electron chi connectivity index (χ3n) is 3.38. The zero-order chi connectivity index (χ0) is 14.3. The molecule has 0 bridgehead atoms. The van der Waals surface area contributed by atoms with Gasteiger partial charge in [-0.1, -0.05) is 6.07 Å². The van der Waals surface area contributed by atoms with Crippen molar-refractivity contribution in [3.63, 3.8) is 0 Å². The first-order valence-corrected chi connectivity index (χ1v) is 6.66. The third kappa shape index (κ3) is 2.12. The van der Waals surface area contributed by atoms with E-state index in [1.807, 2.05) is 25.1 Å². The van der Waals surface area contributed by atoms with Crippen LogP contribution >= 0.6 is 12.2 Å². The number of fused-ring (bicyclic) bond motifs is 1. The van der Waals surface area contributed by atoms with Gasteiger partial charge in [0, 0.05) is 11.3 Å². The van der Waals surface area contributed by atoms with Crippen molar-refractivity contribution < 1.29 is 14.3 Å². The summed E-state index contributed by atoms with van der Waals surface area (Å²) in [5, 5.41) is 6.63. The molecule has 0 spiro atoms. The molecule has 2 heterocycles. The molecule has 0 amide bonds. The molecule has 0 aliphatic carbocycles. The molecule has 1 aromatic carbocycles. The number of Topliss-reactive ketones (excluding diaryl/α,β-unsaturated/α-hetero) is 1. The van der Waals surface area contributed by atoms with E-state index in [1.165, 1.54) is 0 Å². The van der Waals surface area contributed by atoms with Crippen molar-refractivity contribution in [1.82, 2.24) is 10.6 Å². The van der Waals surface area contributed by atoms with Crippen LogP contribution in [0.15, 0.2) is 29.5 Å². The summed E-state index contributed by atoms with van der Waals surface area (Å²) in [7, 11) is 0. The smallest absolute Gasteiger partial charge is 0.231 e. The number of carbonyl (C=O) groups excluding carboxylic acids is 1. The molecule has 0 radical (unpaired) electrons. The first-order valence-electron chi connectivity index (χ1n) is 6.25. The van der Waals surface area contributed by atoms with Crippen LogP contribution in [0, 0.1) is 0 Å². The van der Waals surface area contributed by atoms with Gasteiger partial charge < -0.3 is 20.1 Å². The molecular formula is C14H14N2O3S. The van der Waals surface area contributed by atoms with Crippen molar-refractivity contribution in [3.05, 3.63) is 35.0 Å². The van der Waals surface area contributed by atoms with E-state index in [-0.39, 0.29) is 18.6 Å². The van der Waals surface area contributed by atoms with Gasteiger partial charge in [0.05, 0.1) is 6.04 Å². The number of thiocarbonyl (C=S) groups is 1. The summed E-state index contributed by atoms with van der Waals surface area (Å²) in [6, 6.07) is 5.37. The summed E-state index contributed by atoms with van der Waals surface area (Å²) in [6.45, 7) is 3.63. The number of carbonyl (C=O) groups is 1. The topological polar surface area (TPSA) is 59.6 Å². The van der Waals surface area contributed by atoms with Crippen LogP contribution in [0.1, 0.15) is 25.5 Å². The zero-order valence-corrected chi connectivity index (χ0v) is 12.0. The van der Waals surface area contributed by atoms with E-state index in [9.17, 15) is 4.79 Å². The lowest BCUT2D eigenvalue weighted by atomic mass is 9.93. The number of hydrogen-bond donors (Lipinski definition) is 2. The van der Waals surface area contributed by atoms with E-state index in [0.29, 0.717) is 16.4 Å². The Morgan fingerprint density at radius 3 is 2.85 bits per heavy atom. The number of allylic oxidation sites excluding steroid dienone is 1. The van der Waals surface area contributed by atoms with Gasteiger partial charge in [-0.05, 0) is 43.8 Å². The van der Waals surface area contributed by atoms with Crippen molar-refractivity contribution in [3.8, 4) is 11.5 Å². The second kappa shape index (κ2) is 4.79. The molecule has 104 valence electrons. The Hall–Kier alpha value is -2.08. The highest BCUT2D eigenvalue weighted by Gasteiger charge is 2.28. The molecule has 2 aliphatic rings. The maximum atomic E-state index is 11.9. The predicted molar refractivity (Wildman–Crippen MR) is 77.6 cm³/mol. The molecule has 1 unspecified atom stereocenters. The average molecular weight is 290 g/mol. The van der Waals surface area contributed by atoms with E-state index >= 15 is 0 Å². The van der Waals surface area contributed by atoms with Gasteiger partial charge in [0.2, 0.25) is 6.79 Å². The van der Waals surface area contributed by atoms with Crippen LogP contribution < -0.4 is 20.1 Å². The molecule has 0 fully saturated rings. The summed E-state index contributed by atoms with van der Waals surface area (Å²) >= 11 is 5.18. The molecular weight excluding hydrogens is 276 g/mol. The molecule has 0 saturated carbocycles. The number of ketones is 1. The van der Waals surface area contributed by atoms with Crippen molar-refractivity contribution in [2.75, 3.05) is 6.79 Å². The molecule has 3 rings (SSSR count). The fourth-order valence-electron chi connectivity index (χ4n) is 2.50. The van der Waals surface area contributed by atoms with Crippen molar-refractivity contribution in [2.45, 2.75) is 19.9 Å². The maximum Gasteiger partial charge on any atom is 0.231 e. The van der Waals surface area contributed by atoms with E-state index < -0.39 is 0 Å². The van der Waals surface area contributed by atoms with Gasteiger partial charge in [0.25, 0.3) is 0 Å². The number of ether oxygens (including phenoxy) is 2. The molecule has 1 atom stereocenters. The standard InChI is InChI=1S/C14H14N2O3S/c1-7-12(8(2)17)13(16-14(20)15-7)9-3-4-10-11(5-9)19-6-18-10/h3-5,13H,6H2,1-2H3,(H2,15,16,20). The summed E-state index contributed by atoms with van der Waals surface area (Å²) < 4.78 is 10.7. The van der Waals surface area contributed by atoms with Gasteiger partial charge in [-0.25, -0.2) is 0 Å². The first-order chi connectivity index (χ1) is 9.56. The van der Waals surface area contributed by atoms with Crippen LogP contribution in [-0.2, 0) is 4.79 Å². The lowest BCUT2D eigenvalue weighted by molar-refractivity contribution is -0.114. The molecule has 2 aliphatic heterocycles. The van der Waals surface area contributed by atoms with E-state index in [4.69, 9.17) is 21.7 Å². The number of hydrogen-bond acceptors (Lipinski definition) is 4. The van der Waals surface area contributed by atoms with Crippen LogP contribution in [-0.4, -0.2) is 17.7 Å². The summed E-state index contributed by atoms with van der Waals surface area (Å²) in [5.41, 5.74) is 2.38. The Morgan fingerprint density at radius 2 is 2.10 bits per heavy atom. The minimum Gasteiger partial charge on any atom is -0.454 e. The molecule has 0 aromatic heterocycles.